The molecule has 0 bridgehead atoms. The maximum absolute atomic E-state index is 12.3. The van der Waals surface area contributed by atoms with Crippen LogP contribution in [0.2, 0.25) is 0 Å². The number of hydrogen-bond donors (Lipinski definition) is 1. The standard InChI is InChI=1S/C9H5F3S/c1-2-6-7(9(10,11)12)4-3-5-8(6)13/h1,3-5,13H. The van der Waals surface area contributed by atoms with E-state index in [1.54, 1.807) is 0 Å². The minimum Gasteiger partial charge on any atom is -0.166 e. The SMILES string of the molecule is C#Cc1c(S)cccc1C(F)(F)F. The van der Waals surface area contributed by atoms with Gasteiger partial charge in [0.15, 0.2) is 0 Å². The van der Waals surface area contributed by atoms with E-state index in [2.05, 4.69) is 12.6 Å². The molecule has 1 aromatic rings. The normalized spacial score (nSPS) is 11.0. The van der Waals surface area contributed by atoms with E-state index in [4.69, 9.17) is 6.42 Å². The lowest BCUT2D eigenvalue weighted by molar-refractivity contribution is -0.137. The molecule has 4 heteroatoms. The minimum absolute atomic E-state index is 0.164. The Kier molecular flexibility index (Phi) is 2.58. The van der Waals surface area contributed by atoms with E-state index in [9.17, 15) is 13.2 Å². The lowest BCUT2D eigenvalue weighted by Gasteiger charge is -2.09. The summed E-state index contributed by atoms with van der Waals surface area (Å²) in [5.74, 6) is 1.97. The number of terminal acetylenes is 1. The van der Waals surface area contributed by atoms with E-state index in [1.807, 2.05) is 5.92 Å². The fourth-order valence-electron chi connectivity index (χ4n) is 0.928. The number of benzene rings is 1. The van der Waals surface area contributed by atoms with Gasteiger partial charge in [0.1, 0.15) is 0 Å². The second-order valence-electron chi connectivity index (χ2n) is 2.34. The van der Waals surface area contributed by atoms with Crippen LogP contribution in [0.4, 0.5) is 13.2 Å². The van der Waals surface area contributed by atoms with Crippen molar-refractivity contribution < 1.29 is 13.2 Å². The summed E-state index contributed by atoms with van der Waals surface area (Å²) in [5.41, 5.74) is -1.03. The van der Waals surface area contributed by atoms with Crippen LogP contribution in [0.15, 0.2) is 23.1 Å². The van der Waals surface area contributed by atoms with Gasteiger partial charge in [-0.25, -0.2) is 0 Å². The van der Waals surface area contributed by atoms with Crippen molar-refractivity contribution in [2.24, 2.45) is 0 Å². The third-order valence-corrected chi connectivity index (χ3v) is 1.86. The quantitative estimate of drug-likeness (QED) is 0.485. The van der Waals surface area contributed by atoms with Crippen molar-refractivity contribution in [1.82, 2.24) is 0 Å². The molecule has 0 aromatic heterocycles. The molecule has 68 valence electrons. The van der Waals surface area contributed by atoms with Crippen LogP contribution in [0, 0.1) is 12.3 Å². The molecule has 1 aromatic carbocycles. The van der Waals surface area contributed by atoms with Crippen molar-refractivity contribution in [2.75, 3.05) is 0 Å². The second-order valence-corrected chi connectivity index (χ2v) is 2.82. The molecular formula is C9H5F3S. The van der Waals surface area contributed by atoms with E-state index in [1.165, 1.54) is 12.1 Å². The van der Waals surface area contributed by atoms with Gasteiger partial charge in [0, 0.05) is 10.5 Å². The molecule has 1 rings (SSSR count). The van der Waals surface area contributed by atoms with Crippen molar-refractivity contribution in [3.8, 4) is 12.3 Å². The largest absolute Gasteiger partial charge is 0.417 e. The summed E-state index contributed by atoms with van der Waals surface area (Å²) in [4.78, 5) is 0.164. The van der Waals surface area contributed by atoms with Crippen molar-refractivity contribution in [3.05, 3.63) is 29.3 Å². The van der Waals surface area contributed by atoms with Crippen LogP contribution >= 0.6 is 12.6 Å². The number of alkyl halides is 3. The van der Waals surface area contributed by atoms with Crippen LogP contribution in [0.25, 0.3) is 0 Å². The highest BCUT2D eigenvalue weighted by molar-refractivity contribution is 7.80. The number of thiol groups is 1. The van der Waals surface area contributed by atoms with Gasteiger partial charge in [-0.2, -0.15) is 13.2 Å². The predicted octanol–water partition coefficient (Wildman–Crippen LogP) is 2.98. The molecule has 0 saturated carbocycles. The summed E-state index contributed by atoms with van der Waals surface area (Å²) in [7, 11) is 0. The Labute approximate surface area is 79.2 Å². The summed E-state index contributed by atoms with van der Waals surface area (Å²) >= 11 is 3.84. The summed E-state index contributed by atoms with van der Waals surface area (Å²) in [6, 6.07) is 3.63. The van der Waals surface area contributed by atoms with E-state index in [0.717, 1.165) is 6.07 Å². The minimum atomic E-state index is -4.42. The maximum Gasteiger partial charge on any atom is 0.417 e. The van der Waals surface area contributed by atoms with Gasteiger partial charge in [0.25, 0.3) is 0 Å². The summed E-state index contributed by atoms with van der Waals surface area (Å²) in [6.07, 6.45) is 0.533. The zero-order valence-electron chi connectivity index (χ0n) is 6.39. The van der Waals surface area contributed by atoms with Crippen LogP contribution < -0.4 is 0 Å². The van der Waals surface area contributed by atoms with Crippen molar-refractivity contribution in [3.63, 3.8) is 0 Å². The first-order chi connectivity index (χ1) is 5.96. The molecule has 0 saturated heterocycles. The van der Waals surface area contributed by atoms with Gasteiger partial charge in [-0.05, 0) is 12.1 Å². The Bertz CT molecular complexity index is 360. The Morgan fingerprint density at radius 2 is 1.92 bits per heavy atom. The topological polar surface area (TPSA) is 0 Å². The molecule has 0 nitrogen and oxygen atoms in total. The van der Waals surface area contributed by atoms with Gasteiger partial charge in [0.2, 0.25) is 0 Å². The molecule has 13 heavy (non-hydrogen) atoms. The van der Waals surface area contributed by atoms with Crippen molar-refractivity contribution >= 4 is 12.6 Å². The molecule has 0 aliphatic rings. The van der Waals surface area contributed by atoms with E-state index >= 15 is 0 Å². The monoisotopic (exact) mass is 202 g/mol. The summed E-state index contributed by atoms with van der Waals surface area (Å²) in [5, 5.41) is 0. The first kappa shape index (κ1) is 10.0. The molecule has 0 unspecified atom stereocenters. The molecule has 0 aliphatic heterocycles. The Balaban J connectivity index is 3.40. The van der Waals surface area contributed by atoms with Gasteiger partial charge in [-0.1, -0.05) is 12.0 Å². The lowest BCUT2D eigenvalue weighted by atomic mass is 10.1. The van der Waals surface area contributed by atoms with Crippen LogP contribution in [-0.4, -0.2) is 0 Å². The van der Waals surface area contributed by atoms with Gasteiger partial charge in [0.05, 0.1) is 5.56 Å². The van der Waals surface area contributed by atoms with Gasteiger partial charge < -0.3 is 0 Å². The van der Waals surface area contributed by atoms with Gasteiger partial charge >= 0.3 is 6.18 Å². The van der Waals surface area contributed by atoms with E-state index in [-0.39, 0.29) is 10.5 Å². The molecular weight excluding hydrogens is 197 g/mol. The predicted molar refractivity (Wildman–Crippen MR) is 46.6 cm³/mol. The third-order valence-electron chi connectivity index (χ3n) is 1.49. The molecule has 0 amide bonds. The summed E-state index contributed by atoms with van der Waals surface area (Å²) < 4.78 is 36.9. The average Bonchev–Trinajstić information content (AvgIpc) is 2.02. The van der Waals surface area contributed by atoms with Gasteiger partial charge in [-0.15, -0.1) is 19.1 Å². The molecule has 0 spiro atoms. The van der Waals surface area contributed by atoms with Crippen LogP contribution in [-0.2, 0) is 6.18 Å². The van der Waals surface area contributed by atoms with Crippen LogP contribution in [0.3, 0.4) is 0 Å². The molecule has 0 N–H and O–H groups in total. The fourth-order valence-corrected chi connectivity index (χ4v) is 1.20. The van der Waals surface area contributed by atoms with Crippen molar-refractivity contribution in [2.45, 2.75) is 11.1 Å². The van der Waals surface area contributed by atoms with Crippen LogP contribution in [0.5, 0.6) is 0 Å². The first-order valence-corrected chi connectivity index (χ1v) is 3.77. The highest BCUT2D eigenvalue weighted by atomic mass is 32.1. The lowest BCUT2D eigenvalue weighted by Crippen LogP contribution is -2.07. The molecule has 0 aliphatic carbocycles. The van der Waals surface area contributed by atoms with Crippen LogP contribution in [0.1, 0.15) is 11.1 Å². The Morgan fingerprint density at radius 3 is 2.31 bits per heavy atom. The first-order valence-electron chi connectivity index (χ1n) is 3.32. The fraction of sp³-hybridized carbons (Fsp3) is 0.111. The number of halogens is 3. The zero-order valence-corrected chi connectivity index (χ0v) is 7.28. The molecule has 0 atom stereocenters. The smallest absolute Gasteiger partial charge is 0.166 e. The number of rotatable bonds is 0. The highest BCUT2D eigenvalue weighted by Crippen LogP contribution is 2.33. The van der Waals surface area contributed by atoms with Crippen molar-refractivity contribution in [1.29, 1.82) is 0 Å². The molecule has 0 fully saturated rings. The van der Waals surface area contributed by atoms with E-state index < -0.39 is 11.7 Å². The highest BCUT2D eigenvalue weighted by Gasteiger charge is 2.33. The zero-order chi connectivity index (χ0) is 10.1. The Morgan fingerprint density at radius 1 is 1.31 bits per heavy atom. The van der Waals surface area contributed by atoms with E-state index in [0.29, 0.717) is 0 Å². The average molecular weight is 202 g/mol. The second kappa shape index (κ2) is 3.35. The maximum atomic E-state index is 12.3. The molecule has 0 radical (unpaired) electrons. The van der Waals surface area contributed by atoms with Gasteiger partial charge in [-0.3, -0.25) is 0 Å². The third kappa shape index (κ3) is 1.99. The molecule has 0 heterocycles. The Hall–Kier alpha value is -1.08. The number of hydrogen-bond acceptors (Lipinski definition) is 1. The summed E-state index contributed by atoms with van der Waals surface area (Å²) in [6.45, 7) is 0.